The van der Waals surface area contributed by atoms with Crippen LogP contribution in [0.1, 0.15) is 82.4 Å². The van der Waals surface area contributed by atoms with Crippen molar-refractivity contribution >= 4 is 17.4 Å². The Morgan fingerprint density at radius 3 is 2.41 bits per heavy atom. The number of rotatable bonds is 5. The summed E-state index contributed by atoms with van der Waals surface area (Å²) in [5.41, 5.74) is 4.37. The van der Waals surface area contributed by atoms with Gasteiger partial charge < -0.3 is 10.2 Å². The van der Waals surface area contributed by atoms with E-state index in [4.69, 9.17) is 5.26 Å². The van der Waals surface area contributed by atoms with Crippen molar-refractivity contribution in [2.75, 3.05) is 23.3 Å². The van der Waals surface area contributed by atoms with Crippen molar-refractivity contribution in [2.24, 2.45) is 0 Å². The smallest absolute Gasteiger partial charge is 0.259 e. The van der Waals surface area contributed by atoms with Crippen molar-refractivity contribution in [1.82, 2.24) is 10.2 Å². The molecular formula is C31H41F2N5O. The number of amides is 1. The Morgan fingerprint density at radius 1 is 1.08 bits per heavy atom. The largest absolute Gasteiger partial charge is 0.354 e. The minimum Gasteiger partial charge on any atom is -0.354 e. The topological polar surface area (TPSA) is 81.9 Å². The van der Waals surface area contributed by atoms with Gasteiger partial charge in [-0.15, -0.1) is 10.2 Å². The third-order valence-electron chi connectivity index (χ3n) is 6.32. The Balaban J connectivity index is 0.00000153. The molecule has 4 rings (SSSR count). The fraction of sp³-hybridized carbons (Fsp3) is 0.419. The summed E-state index contributed by atoms with van der Waals surface area (Å²) in [5.74, 6) is -2.80. The van der Waals surface area contributed by atoms with Gasteiger partial charge in [0.05, 0.1) is 22.9 Å². The first-order valence-electron chi connectivity index (χ1n) is 13.7. The van der Waals surface area contributed by atoms with Crippen molar-refractivity contribution < 1.29 is 15.0 Å². The van der Waals surface area contributed by atoms with Crippen LogP contribution in [0.5, 0.6) is 0 Å². The normalized spacial score (nSPS) is 14.0. The van der Waals surface area contributed by atoms with Crippen molar-refractivity contribution in [1.29, 1.82) is 5.26 Å². The van der Waals surface area contributed by atoms with E-state index in [1.807, 2.05) is 58.9 Å². The van der Waals surface area contributed by atoms with Gasteiger partial charge in [-0.05, 0) is 55.2 Å². The molecule has 6 nitrogen and oxygen atoms in total. The Morgan fingerprint density at radius 2 is 1.77 bits per heavy atom. The van der Waals surface area contributed by atoms with Crippen LogP contribution in [0.3, 0.4) is 0 Å². The van der Waals surface area contributed by atoms with Crippen molar-refractivity contribution in [3.63, 3.8) is 0 Å². The van der Waals surface area contributed by atoms with Crippen LogP contribution in [0.4, 0.5) is 20.3 Å². The number of nitriles is 1. The third-order valence-corrected chi connectivity index (χ3v) is 6.32. The number of hydrogen-bond acceptors (Lipinski definition) is 5. The monoisotopic (exact) mass is 537 g/mol. The standard InChI is InChI=1S/C27H27F2N5O.2C2H6.H2/c1-3-19-6-4-7-22(16-19)31-26(35)23-18(2)24(21-10-8-20(17-30)9-11-21)32-33-25(23)34-14-5-12-27(28,29)13-15-34;2*1-2;/h4,6-11,16H,3,5,12-15H2,1-2H3,(H,31,35);2*1-2H3;1H. The van der Waals surface area contributed by atoms with Gasteiger partial charge in [0.2, 0.25) is 5.92 Å². The van der Waals surface area contributed by atoms with Crippen LogP contribution >= 0.6 is 0 Å². The summed E-state index contributed by atoms with van der Waals surface area (Å²) in [6.07, 6.45) is 0.635. The van der Waals surface area contributed by atoms with Gasteiger partial charge in [-0.1, -0.05) is 58.9 Å². The highest BCUT2D eigenvalue weighted by Gasteiger charge is 2.34. The highest BCUT2D eigenvalue weighted by Crippen LogP contribution is 2.33. The lowest BCUT2D eigenvalue weighted by molar-refractivity contribution is -0.0102. The molecular weight excluding hydrogens is 496 g/mol. The van der Waals surface area contributed by atoms with Crippen LogP contribution in [-0.4, -0.2) is 35.1 Å². The summed E-state index contributed by atoms with van der Waals surface area (Å²) in [5, 5.41) is 20.8. The number of aryl methyl sites for hydroxylation is 1. The fourth-order valence-electron chi connectivity index (χ4n) is 4.32. The molecule has 1 aliphatic heterocycles. The summed E-state index contributed by atoms with van der Waals surface area (Å²) in [7, 11) is 0. The van der Waals surface area contributed by atoms with Crippen LogP contribution in [0, 0.1) is 18.3 Å². The maximum atomic E-state index is 14.0. The first-order chi connectivity index (χ1) is 18.8. The molecule has 1 saturated heterocycles. The van der Waals surface area contributed by atoms with Gasteiger partial charge in [-0.3, -0.25) is 4.79 Å². The van der Waals surface area contributed by atoms with E-state index in [0.717, 1.165) is 12.0 Å². The maximum absolute atomic E-state index is 14.0. The molecule has 210 valence electrons. The molecule has 0 atom stereocenters. The molecule has 0 aliphatic carbocycles. The molecule has 0 radical (unpaired) electrons. The molecule has 1 aliphatic rings. The van der Waals surface area contributed by atoms with E-state index in [2.05, 4.69) is 21.6 Å². The van der Waals surface area contributed by atoms with Crippen molar-refractivity contribution in [3.8, 4) is 17.3 Å². The third kappa shape index (κ3) is 8.06. The minimum absolute atomic E-state index is 0. The second kappa shape index (κ2) is 14.9. The summed E-state index contributed by atoms with van der Waals surface area (Å²) in [4.78, 5) is 15.3. The summed E-state index contributed by atoms with van der Waals surface area (Å²) < 4.78 is 28.1. The van der Waals surface area contributed by atoms with Gasteiger partial charge in [0.25, 0.3) is 5.91 Å². The van der Waals surface area contributed by atoms with E-state index in [-0.39, 0.29) is 26.7 Å². The number of hydrogen-bond donors (Lipinski definition) is 1. The lowest BCUT2D eigenvalue weighted by atomic mass is 10.0. The van der Waals surface area contributed by atoms with Gasteiger partial charge in [0.15, 0.2) is 5.82 Å². The van der Waals surface area contributed by atoms with Gasteiger partial charge in [0.1, 0.15) is 0 Å². The fourth-order valence-corrected chi connectivity index (χ4v) is 4.32. The van der Waals surface area contributed by atoms with E-state index in [0.29, 0.717) is 52.4 Å². The van der Waals surface area contributed by atoms with E-state index < -0.39 is 5.92 Å². The highest BCUT2D eigenvalue weighted by atomic mass is 19.3. The molecule has 1 amide bonds. The van der Waals surface area contributed by atoms with Gasteiger partial charge in [-0.25, -0.2) is 8.78 Å². The van der Waals surface area contributed by atoms with Crippen LogP contribution in [0.15, 0.2) is 48.5 Å². The average Bonchev–Trinajstić information content (AvgIpc) is 3.15. The minimum atomic E-state index is -2.73. The zero-order valence-electron chi connectivity index (χ0n) is 23.8. The number of benzene rings is 2. The van der Waals surface area contributed by atoms with Gasteiger partial charge in [-0.2, -0.15) is 5.26 Å². The number of carbonyl (C=O) groups excluding carboxylic acids is 1. The Labute approximate surface area is 232 Å². The molecule has 2 heterocycles. The van der Waals surface area contributed by atoms with Crippen LogP contribution < -0.4 is 10.2 Å². The van der Waals surface area contributed by atoms with E-state index in [9.17, 15) is 13.6 Å². The summed E-state index contributed by atoms with van der Waals surface area (Å²) in [6.45, 7) is 12.3. The molecule has 8 heteroatoms. The molecule has 1 aromatic heterocycles. The van der Waals surface area contributed by atoms with Crippen LogP contribution in [0.25, 0.3) is 11.3 Å². The number of aromatic nitrogens is 2. The van der Waals surface area contributed by atoms with Crippen molar-refractivity contribution in [3.05, 3.63) is 70.8 Å². The lowest BCUT2D eigenvalue weighted by Gasteiger charge is -2.25. The number of anilines is 2. The number of alkyl halides is 2. The lowest BCUT2D eigenvalue weighted by Crippen LogP contribution is -2.30. The number of nitrogens with one attached hydrogen (secondary N) is 1. The molecule has 0 saturated carbocycles. The maximum Gasteiger partial charge on any atom is 0.259 e. The molecule has 1 N–H and O–H groups in total. The number of nitrogens with zero attached hydrogens (tertiary/aromatic N) is 4. The molecule has 2 aromatic carbocycles. The van der Waals surface area contributed by atoms with E-state index in [1.165, 1.54) is 0 Å². The molecule has 39 heavy (non-hydrogen) atoms. The van der Waals surface area contributed by atoms with E-state index in [1.54, 1.807) is 36.1 Å². The van der Waals surface area contributed by atoms with Gasteiger partial charge in [0, 0.05) is 38.6 Å². The number of carbonyl (C=O) groups is 1. The van der Waals surface area contributed by atoms with E-state index >= 15 is 0 Å². The molecule has 0 spiro atoms. The zero-order valence-corrected chi connectivity index (χ0v) is 23.8. The predicted octanol–water partition coefficient (Wildman–Crippen LogP) is 8.06. The molecule has 0 bridgehead atoms. The quantitative estimate of drug-likeness (QED) is 0.356. The Kier molecular flexibility index (Phi) is 12.0. The Hall–Kier alpha value is -3.86. The second-order valence-electron chi connectivity index (χ2n) is 8.77. The van der Waals surface area contributed by atoms with Crippen LogP contribution in [-0.2, 0) is 6.42 Å². The van der Waals surface area contributed by atoms with Gasteiger partial charge >= 0.3 is 0 Å². The second-order valence-corrected chi connectivity index (χ2v) is 8.77. The molecule has 0 unspecified atom stereocenters. The average molecular weight is 538 g/mol. The highest BCUT2D eigenvalue weighted by molar-refractivity contribution is 6.09. The van der Waals surface area contributed by atoms with Crippen molar-refractivity contribution in [2.45, 2.75) is 73.1 Å². The SMILES string of the molecule is CC.CC.CCc1cccc(NC(=O)c2c(N3CCCC(F)(F)CC3)nnc(-c3ccc(C#N)cc3)c2C)c1.[HH]. The van der Waals surface area contributed by atoms with Crippen LogP contribution in [0.2, 0.25) is 0 Å². The summed E-state index contributed by atoms with van der Waals surface area (Å²) in [6, 6.07) is 16.5. The summed E-state index contributed by atoms with van der Waals surface area (Å²) >= 11 is 0. The first-order valence-corrected chi connectivity index (χ1v) is 13.7. The first kappa shape index (κ1) is 31.4. The number of halogens is 2. The predicted molar refractivity (Wildman–Crippen MR) is 157 cm³/mol. The Bertz CT molecular complexity index is 1280. The molecule has 3 aromatic rings. The zero-order chi connectivity index (χ0) is 29.0. The molecule has 1 fully saturated rings.